The Labute approximate surface area is 107 Å². The lowest BCUT2D eigenvalue weighted by atomic mass is 10.2. The van der Waals surface area contributed by atoms with Gasteiger partial charge in [0.05, 0.1) is 6.10 Å². The molecule has 4 nitrogen and oxygen atoms in total. The number of rotatable bonds is 10. The molecule has 0 saturated carbocycles. The molecule has 4 heteroatoms. The zero-order valence-corrected chi connectivity index (χ0v) is 12.3. The second-order valence-corrected chi connectivity index (χ2v) is 5.31. The molecule has 0 aliphatic rings. The summed E-state index contributed by atoms with van der Waals surface area (Å²) in [7, 11) is 8.43. The first kappa shape index (κ1) is 16.8. The summed E-state index contributed by atoms with van der Waals surface area (Å²) in [5, 5.41) is 9.70. The predicted octanol–water partition coefficient (Wildman–Crippen LogP) is 0.573. The topological polar surface area (TPSA) is 30.0 Å². The summed E-state index contributed by atoms with van der Waals surface area (Å²) in [5.41, 5.74) is 0. The fraction of sp³-hybridized carbons (Fsp3) is 1.00. The Morgan fingerprint density at radius 1 is 0.882 bits per heavy atom. The van der Waals surface area contributed by atoms with Crippen molar-refractivity contribution < 1.29 is 5.11 Å². The molecule has 104 valence electrons. The minimum atomic E-state index is -0.169. The monoisotopic (exact) mass is 245 g/mol. The van der Waals surface area contributed by atoms with Crippen molar-refractivity contribution in [2.75, 3.05) is 60.9 Å². The van der Waals surface area contributed by atoms with Gasteiger partial charge in [0.1, 0.15) is 0 Å². The second-order valence-electron chi connectivity index (χ2n) is 5.31. The summed E-state index contributed by atoms with van der Waals surface area (Å²) in [6.45, 7) is 7.17. The largest absolute Gasteiger partial charge is 0.392 e. The van der Waals surface area contributed by atoms with Crippen LogP contribution in [0.25, 0.3) is 0 Å². The molecule has 0 aromatic carbocycles. The van der Waals surface area contributed by atoms with Gasteiger partial charge in [-0.15, -0.1) is 0 Å². The van der Waals surface area contributed by atoms with Crippen LogP contribution >= 0.6 is 0 Å². The summed E-state index contributed by atoms with van der Waals surface area (Å²) in [6, 6.07) is 0. The lowest BCUT2D eigenvalue weighted by Crippen LogP contribution is -2.37. The Hall–Kier alpha value is -0.160. The maximum Gasteiger partial charge on any atom is 0.0666 e. The van der Waals surface area contributed by atoms with Crippen molar-refractivity contribution in [3.63, 3.8) is 0 Å². The van der Waals surface area contributed by atoms with E-state index in [0.29, 0.717) is 0 Å². The van der Waals surface area contributed by atoms with Gasteiger partial charge in [0, 0.05) is 32.7 Å². The van der Waals surface area contributed by atoms with Gasteiger partial charge >= 0.3 is 0 Å². The van der Waals surface area contributed by atoms with Gasteiger partial charge in [-0.3, -0.25) is 0 Å². The maximum atomic E-state index is 9.70. The van der Waals surface area contributed by atoms with Crippen molar-refractivity contribution in [2.45, 2.75) is 25.9 Å². The zero-order valence-electron chi connectivity index (χ0n) is 12.3. The lowest BCUT2D eigenvalue weighted by molar-refractivity contribution is 0.112. The molecule has 1 N–H and O–H groups in total. The van der Waals surface area contributed by atoms with Gasteiger partial charge in [0.25, 0.3) is 0 Å². The molecule has 0 amide bonds. The average molecular weight is 245 g/mol. The van der Waals surface area contributed by atoms with E-state index < -0.39 is 0 Å². The highest BCUT2D eigenvalue weighted by molar-refractivity contribution is 4.63. The van der Waals surface area contributed by atoms with Crippen molar-refractivity contribution in [1.82, 2.24) is 14.7 Å². The third-order valence-corrected chi connectivity index (χ3v) is 2.94. The molecule has 0 aliphatic heterocycles. The Morgan fingerprint density at radius 2 is 1.41 bits per heavy atom. The summed E-state index contributed by atoms with van der Waals surface area (Å²) >= 11 is 0. The van der Waals surface area contributed by atoms with Gasteiger partial charge in [0.2, 0.25) is 0 Å². The molecule has 0 heterocycles. The van der Waals surface area contributed by atoms with E-state index in [9.17, 15) is 5.11 Å². The zero-order chi connectivity index (χ0) is 13.3. The fourth-order valence-corrected chi connectivity index (χ4v) is 1.70. The number of aliphatic hydroxyl groups is 1. The third-order valence-electron chi connectivity index (χ3n) is 2.94. The number of nitrogens with zero attached hydrogens (tertiary/aromatic N) is 3. The third kappa shape index (κ3) is 10.7. The molecule has 0 bridgehead atoms. The molecule has 17 heavy (non-hydrogen) atoms. The molecule has 1 unspecified atom stereocenters. The first-order chi connectivity index (χ1) is 7.95. The predicted molar refractivity (Wildman–Crippen MR) is 74.5 cm³/mol. The van der Waals surface area contributed by atoms with Crippen LogP contribution in [0.3, 0.4) is 0 Å². The summed E-state index contributed by atoms with van der Waals surface area (Å²) in [6.07, 6.45) is 1.79. The Kier molecular flexibility index (Phi) is 9.74. The highest BCUT2D eigenvalue weighted by Crippen LogP contribution is 1.98. The van der Waals surface area contributed by atoms with Crippen molar-refractivity contribution in [2.24, 2.45) is 0 Å². The van der Waals surface area contributed by atoms with Crippen LogP contribution in [0.2, 0.25) is 0 Å². The summed E-state index contributed by atoms with van der Waals surface area (Å²) in [4.78, 5) is 6.75. The highest BCUT2D eigenvalue weighted by atomic mass is 16.3. The van der Waals surface area contributed by atoms with Crippen molar-refractivity contribution in [3.8, 4) is 0 Å². The van der Waals surface area contributed by atoms with E-state index in [4.69, 9.17) is 0 Å². The van der Waals surface area contributed by atoms with E-state index in [1.54, 1.807) is 0 Å². The smallest absolute Gasteiger partial charge is 0.0666 e. The van der Waals surface area contributed by atoms with E-state index in [2.05, 4.69) is 49.8 Å². The molecule has 0 rings (SSSR count). The summed E-state index contributed by atoms with van der Waals surface area (Å²) in [5.74, 6) is 0. The van der Waals surface area contributed by atoms with E-state index >= 15 is 0 Å². The lowest BCUT2D eigenvalue weighted by Gasteiger charge is -2.24. The van der Waals surface area contributed by atoms with E-state index in [1.165, 1.54) is 0 Å². The van der Waals surface area contributed by atoms with E-state index in [0.717, 1.165) is 45.6 Å². The van der Waals surface area contributed by atoms with Gasteiger partial charge in [-0.1, -0.05) is 13.3 Å². The number of likely N-dealkylation sites (N-methyl/N-ethyl adjacent to an activating group) is 3. The second kappa shape index (κ2) is 9.83. The molecule has 0 saturated heterocycles. The Bertz CT molecular complexity index is 176. The van der Waals surface area contributed by atoms with Crippen LogP contribution in [0.1, 0.15) is 19.8 Å². The van der Waals surface area contributed by atoms with Crippen LogP contribution < -0.4 is 0 Å². The van der Waals surface area contributed by atoms with Gasteiger partial charge in [-0.2, -0.15) is 0 Å². The molecular formula is C13H31N3O. The number of hydrogen-bond donors (Lipinski definition) is 1. The standard InChI is InChI=1S/C13H31N3O/c1-6-7-13(17)12-16(5)11-10-15(4)9-8-14(2)3/h13,17H,6-12H2,1-5H3. The van der Waals surface area contributed by atoms with E-state index in [-0.39, 0.29) is 6.10 Å². The maximum absolute atomic E-state index is 9.70. The van der Waals surface area contributed by atoms with Crippen LogP contribution in [0.5, 0.6) is 0 Å². The average Bonchev–Trinajstić information content (AvgIpc) is 2.23. The van der Waals surface area contributed by atoms with Crippen molar-refractivity contribution >= 4 is 0 Å². The van der Waals surface area contributed by atoms with Crippen LogP contribution in [-0.4, -0.2) is 86.8 Å². The highest BCUT2D eigenvalue weighted by Gasteiger charge is 2.08. The Balaban J connectivity index is 3.57. The van der Waals surface area contributed by atoms with Gasteiger partial charge in [0.15, 0.2) is 0 Å². The first-order valence-electron chi connectivity index (χ1n) is 6.65. The molecule has 0 spiro atoms. The van der Waals surface area contributed by atoms with Crippen molar-refractivity contribution in [1.29, 1.82) is 0 Å². The normalized spacial score (nSPS) is 13.9. The van der Waals surface area contributed by atoms with Crippen LogP contribution in [0.15, 0.2) is 0 Å². The van der Waals surface area contributed by atoms with Gasteiger partial charge in [-0.25, -0.2) is 0 Å². The Morgan fingerprint density at radius 3 is 1.94 bits per heavy atom. The first-order valence-corrected chi connectivity index (χ1v) is 6.65. The molecular weight excluding hydrogens is 214 g/mol. The minimum Gasteiger partial charge on any atom is -0.392 e. The SMILES string of the molecule is CCCC(O)CN(C)CCN(C)CCN(C)C. The molecule has 1 atom stereocenters. The summed E-state index contributed by atoms with van der Waals surface area (Å²) < 4.78 is 0. The van der Waals surface area contributed by atoms with Crippen molar-refractivity contribution in [3.05, 3.63) is 0 Å². The quantitative estimate of drug-likeness (QED) is 0.609. The van der Waals surface area contributed by atoms with Crippen LogP contribution in [0, 0.1) is 0 Å². The van der Waals surface area contributed by atoms with Gasteiger partial charge in [-0.05, 0) is 34.6 Å². The molecule has 0 aromatic rings. The van der Waals surface area contributed by atoms with E-state index in [1.807, 2.05) is 0 Å². The molecule has 0 fully saturated rings. The minimum absolute atomic E-state index is 0.169. The molecule has 0 radical (unpaired) electrons. The number of hydrogen-bond acceptors (Lipinski definition) is 4. The fourth-order valence-electron chi connectivity index (χ4n) is 1.70. The number of aliphatic hydroxyl groups excluding tert-OH is 1. The van der Waals surface area contributed by atoms with Crippen LogP contribution in [-0.2, 0) is 0 Å². The molecule has 0 aliphatic carbocycles. The van der Waals surface area contributed by atoms with Crippen LogP contribution in [0.4, 0.5) is 0 Å². The molecule has 0 aromatic heterocycles. The van der Waals surface area contributed by atoms with Gasteiger partial charge < -0.3 is 19.8 Å².